The number of hydrogen-bond acceptors (Lipinski definition) is 4. The van der Waals surface area contributed by atoms with E-state index in [1.165, 1.54) is 19.2 Å². The van der Waals surface area contributed by atoms with E-state index in [1.807, 2.05) is 0 Å². The van der Waals surface area contributed by atoms with Crippen LogP contribution in [0.4, 0.5) is 0 Å². The molecule has 0 spiro atoms. The quantitative estimate of drug-likeness (QED) is 0.776. The maximum absolute atomic E-state index is 11.1. The fourth-order valence-electron chi connectivity index (χ4n) is 1.45. The monoisotopic (exact) mass is 220 g/mol. The van der Waals surface area contributed by atoms with E-state index in [-0.39, 0.29) is 11.1 Å². The number of carbonyl (C=O) groups is 1. The molecule has 0 bridgehead atoms. The van der Waals surface area contributed by atoms with Crippen molar-refractivity contribution in [1.29, 1.82) is 0 Å². The van der Waals surface area contributed by atoms with Gasteiger partial charge in [-0.1, -0.05) is 0 Å². The molecule has 2 aromatic rings. The van der Waals surface area contributed by atoms with E-state index in [1.54, 1.807) is 6.07 Å². The second-order valence-electron chi connectivity index (χ2n) is 3.15. The molecule has 0 aliphatic carbocycles. The van der Waals surface area contributed by atoms with Crippen LogP contribution < -0.4 is 10.4 Å². The normalized spacial score (nSPS) is 10.3. The first-order chi connectivity index (χ1) is 7.61. The Bertz CT molecular complexity index is 611. The molecule has 0 saturated carbocycles. The first-order valence-electron chi connectivity index (χ1n) is 4.47. The van der Waals surface area contributed by atoms with Gasteiger partial charge in [0.25, 0.3) is 0 Å². The highest BCUT2D eigenvalue weighted by Crippen LogP contribution is 2.22. The smallest absolute Gasteiger partial charge is 0.337 e. The van der Waals surface area contributed by atoms with E-state index in [4.69, 9.17) is 14.3 Å². The first-order valence-corrected chi connectivity index (χ1v) is 4.47. The zero-order chi connectivity index (χ0) is 11.7. The molecule has 5 heteroatoms. The highest BCUT2D eigenvalue weighted by atomic mass is 16.5. The number of benzene rings is 1. The molecule has 0 atom stereocenters. The molecule has 0 aliphatic heterocycles. The van der Waals surface area contributed by atoms with E-state index < -0.39 is 11.6 Å². The van der Waals surface area contributed by atoms with E-state index in [0.29, 0.717) is 11.1 Å². The van der Waals surface area contributed by atoms with Crippen LogP contribution in [0.25, 0.3) is 11.0 Å². The van der Waals surface area contributed by atoms with Gasteiger partial charge in [-0.2, -0.15) is 0 Å². The molecule has 0 radical (unpaired) electrons. The van der Waals surface area contributed by atoms with Crippen molar-refractivity contribution in [3.05, 3.63) is 40.2 Å². The van der Waals surface area contributed by atoms with Gasteiger partial charge in [-0.05, 0) is 18.2 Å². The lowest BCUT2D eigenvalue weighted by molar-refractivity contribution is 0.0698. The summed E-state index contributed by atoms with van der Waals surface area (Å²) in [5.74, 6) is -0.671. The van der Waals surface area contributed by atoms with Crippen LogP contribution in [-0.4, -0.2) is 18.2 Å². The zero-order valence-corrected chi connectivity index (χ0v) is 8.39. The minimum atomic E-state index is -1.17. The van der Waals surface area contributed by atoms with Crippen LogP contribution >= 0.6 is 0 Å². The molecule has 0 fully saturated rings. The van der Waals surface area contributed by atoms with Crippen molar-refractivity contribution >= 4 is 16.9 Å². The molecular weight excluding hydrogens is 212 g/mol. The van der Waals surface area contributed by atoms with Crippen molar-refractivity contribution in [2.45, 2.75) is 0 Å². The molecule has 0 aliphatic rings. The highest BCUT2D eigenvalue weighted by molar-refractivity contribution is 6.02. The van der Waals surface area contributed by atoms with Crippen molar-refractivity contribution < 1.29 is 19.1 Å². The molecule has 1 heterocycles. The Hall–Kier alpha value is -2.30. The summed E-state index contributed by atoms with van der Waals surface area (Å²) >= 11 is 0. The van der Waals surface area contributed by atoms with E-state index >= 15 is 0 Å². The Kier molecular flexibility index (Phi) is 2.36. The Morgan fingerprint density at radius 1 is 1.38 bits per heavy atom. The van der Waals surface area contributed by atoms with Gasteiger partial charge in [-0.15, -0.1) is 0 Å². The number of hydrogen-bond donors (Lipinski definition) is 1. The third-order valence-electron chi connectivity index (χ3n) is 2.18. The van der Waals surface area contributed by atoms with Gasteiger partial charge in [0.15, 0.2) is 0 Å². The van der Waals surface area contributed by atoms with Gasteiger partial charge in [0.2, 0.25) is 0 Å². The lowest BCUT2D eigenvalue weighted by Gasteiger charge is -2.03. The Balaban J connectivity index is 2.86. The minimum absolute atomic E-state index is 0.0925. The average Bonchev–Trinajstić information content (AvgIpc) is 2.27. The number of carboxylic acids is 1. The van der Waals surface area contributed by atoms with E-state index in [2.05, 4.69) is 0 Å². The molecule has 5 nitrogen and oxygen atoms in total. The molecule has 0 amide bonds. The second kappa shape index (κ2) is 3.69. The van der Waals surface area contributed by atoms with Crippen LogP contribution in [0.1, 0.15) is 10.4 Å². The average molecular weight is 220 g/mol. The minimum Gasteiger partial charge on any atom is -0.497 e. The molecule has 0 unspecified atom stereocenters. The number of aromatic carboxylic acids is 1. The van der Waals surface area contributed by atoms with Crippen LogP contribution in [-0.2, 0) is 0 Å². The Morgan fingerprint density at radius 2 is 2.12 bits per heavy atom. The van der Waals surface area contributed by atoms with Gasteiger partial charge in [-0.25, -0.2) is 9.59 Å². The van der Waals surface area contributed by atoms with Crippen molar-refractivity contribution in [3.8, 4) is 5.75 Å². The summed E-state index contributed by atoms with van der Waals surface area (Å²) in [5, 5.41) is 9.29. The van der Waals surface area contributed by atoms with Crippen molar-refractivity contribution in [2.75, 3.05) is 7.11 Å². The number of ether oxygens (including phenoxy) is 1. The topological polar surface area (TPSA) is 76.7 Å². The van der Waals surface area contributed by atoms with Gasteiger partial charge >= 0.3 is 11.6 Å². The van der Waals surface area contributed by atoms with Crippen molar-refractivity contribution in [2.24, 2.45) is 0 Å². The molecule has 82 valence electrons. The third-order valence-corrected chi connectivity index (χ3v) is 2.18. The first kappa shape index (κ1) is 10.2. The SMILES string of the molecule is COc1ccc2oc(=O)cc(C(=O)O)c2c1. The Labute approximate surface area is 89.9 Å². The fraction of sp³-hybridized carbons (Fsp3) is 0.0909. The number of rotatable bonds is 2. The van der Waals surface area contributed by atoms with Crippen LogP contribution in [0.3, 0.4) is 0 Å². The van der Waals surface area contributed by atoms with Crippen LogP contribution in [0, 0.1) is 0 Å². The summed E-state index contributed by atoms with van der Waals surface area (Å²) in [6, 6.07) is 5.56. The van der Waals surface area contributed by atoms with Crippen LogP contribution in [0.2, 0.25) is 0 Å². The number of fused-ring (bicyclic) bond motifs is 1. The van der Waals surface area contributed by atoms with Gasteiger partial charge in [-0.3, -0.25) is 0 Å². The summed E-state index contributed by atoms with van der Waals surface area (Å²) in [4.78, 5) is 22.0. The van der Waals surface area contributed by atoms with Gasteiger partial charge in [0.1, 0.15) is 11.3 Å². The van der Waals surface area contributed by atoms with Gasteiger partial charge < -0.3 is 14.3 Å². The summed E-state index contributed by atoms with van der Waals surface area (Å²) in [5.41, 5.74) is -0.550. The fourth-order valence-corrected chi connectivity index (χ4v) is 1.45. The number of methoxy groups -OCH3 is 1. The van der Waals surface area contributed by atoms with Crippen molar-refractivity contribution in [1.82, 2.24) is 0 Å². The predicted octanol–water partition coefficient (Wildman–Crippen LogP) is 1.50. The molecule has 16 heavy (non-hydrogen) atoms. The molecule has 1 aromatic carbocycles. The lowest BCUT2D eigenvalue weighted by atomic mass is 10.1. The third kappa shape index (κ3) is 1.63. The summed E-state index contributed by atoms with van der Waals surface area (Å²) in [6.45, 7) is 0. The Morgan fingerprint density at radius 3 is 2.75 bits per heavy atom. The molecule has 1 N–H and O–H groups in total. The molecule has 2 rings (SSSR count). The zero-order valence-electron chi connectivity index (χ0n) is 8.39. The van der Waals surface area contributed by atoms with E-state index in [9.17, 15) is 9.59 Å². The molecule has 0 saturated heterocycles. The molecule has 1 aromatic heterocycles. The van der Waals surface area contributed by atoms with Crippen LogP contribution in [0.5, 0.6) is 5.75 Å². The lowest BCUT2D eigenvalue weighted by Crippen LogP contribution is -2.05. The summed E-state index contributed by atoms with van der Waals surface area (Å²) in [6.07, 6.45) is 0. The van der Waals surface area contributed by atoms with Gasteiger partial charge in [0, 0.05) is 11.5 Å². The predicted molar refractivity (Wildman–Crippen MR) is 56.0 cm³/mol. The summed E-state index contributed by atoms with van der Waals surface area (Å²) < 4.78 is 9.85. The second-order valence-corrected chi connectivity index (χ2v) is 3.15. The number of carboxylic acid groups (broad SMARTS) is 1. The molecular formula is C11H8O5. The largest absolute Gasteiger partial charge is 0.497 e. The maximum atomic E-state index is 11.1. The summed E-state index contributed by atoms with van der Waals surface area (Å²) in [7, 11) is 1.47. The van der Waals surface area contributed by atoms with Crippen LogP contribution in [0.15, 0.2) is 33.5 Å². The highest BCUT2D eigenvalue weighted by Gasteiger charge is 2.12. The van der Waals surface area contributed by atoms with Gasteiger partial charge in [0.05, 0.1) is 12.7 Å². The standard InChI is InChI=1S/C11H8O5/c1-15-6-2-3-9-7(4-6)8(11(13)14)5-10(12)16-9/h2-5H,1H3,(H,13,14). The maximum Gasteiger partial charge on any atom is 0.337 e. The van der Waals surface area contributed by atoms with E-state index in [0.717, 1.165) is 6.07 Å². The van der Waals surface area contributed by atoms with Crippen molar-refractivity contribution in [3.63, 3.8) is 0 Å².